The van der Waals surface area contributed by atoms with Gasteiger partial charge in [-0.15, -0.1) is 0 Å². The fourth-order valence-electron chi connectivity index (χ4n) is 2.34. The summed E-state index contributed by atoms with van der Waals surface area (Å²) >= 11 is 0. The van der Waals surface area contributed by atoms with Gasteiger partial charge in [0.1, 0.15) is 6.04 Å². The Morgan fingerprint density at radius 2 is 2.19 bits per heavy atom. The number of carbonyl (C=O) groups is 3. The van der Waals surface area contributed by atoms with E-state index in [-0.39, 0.29) is 12.5 Å². The predicted octanol–water partition coefficient (Wildman–Crippen LogP) is 0.277. The Balaban J connectivity index is 1.92. The molecule has 2 amide bonds. The van der Waals surface area contributed by atoms with E-state index < -0.39 is 17.9 Å². The van der Waals surface area contributed by atoms with Crippen molar-refractivity contribution in [3.63, 3.8) is 0 Å². The molecule has 21 heavy (non-hydrogen) atoms. The van der Waals surface area contributed by atoms with Crippen LogP contribution < -0.4 is 5.32 Å². The van der Waals surface area contributed by atoms with Crippen LogP contribution in [0.3, 0.4) is 0 Å². The highest BCUT2D eigenvalue weighted by Crippen LogP contribution is 2.17. The molecule has 2 N–H and O–H groups in total. The Kier molecular flexibility index (Phi) is 4.86. The van der Waals surface area contributed by atoms with Gasteiger partial charge in [0, 0.05) is 18.9 Å². The molecule has 1 saturated heterocycles. The topological polar surface area (TPSA) is 99.6 Å². The Morgan fingerprint density at radius 3 is 2.86 bits per heavy atom. The first-order chi connectivity index (χ1) is 10.1. The van der Waals surface area contributed by atoms with Crippen molar-refractivity contribution in [3.05, 3.63) is 30.1 Å². The number of piperidine rings is 1. The number of carbonyl (C=O) groups excluding carboxylic acids is 2. The second-order valence-corrected chi connectivity index (χ2v) is 4.86. The van der Waals surface area contributed by atoms with E-state index >= 15 is 0 Å². The van der Waals surface area contributed by atoms with Crippen LogP contribution in [-0.4, -0.2) is 51.9 Å². The number of aliphatic carboxylic acids is 1. The normalized spacial score (nSPS) is 18.1. The molecule has 112 valence electrons. The van der Waals surface area contributed by atoms with Gasteiger partial charge in [0.2, 0.25) is 5.91 Å². The molecule has 0 aliphatic carbocycles. The van der Waals surface area contributed by atoms with Gasteiger partial charge in [-0.2, -0.15) is 0 Å². The van der Waals surface area contributed by atoms with E-state index in [1.165, 1.54) is 11.1 Å². The number of nitrogens with zero attached hydrogens (tertiary/aromatic N) is 2. The molecule has 0 radical (unpaired) electrons. The number of amides is 2. The second kappa shape index (κ2) is 6.83. The van der Waals surface area contributed by atoms with Crippen LogP contribution in [0.15, 0.2) is 24.5 Å². The highest BCUT2D eigenvalue weighted by molar-refractivity contribution is 5.96. The number of carboxylic acid groups (broad SMARTS) is 1. The van der Waals surface area contributed by atoms with Crippen LogP contribution in [0.2, 0.25) is 0 Å². The van der Waals surface area contributed by atoms with Gasteiger partial charge in [0.05, 0.1) is 12.1 Å². The van der Waals surface area contributed by atoms with E-state index in [1.807, 2.05) is 0 Å². The summed E-state index contributed by atoms with van der Waals surface area (Å²) < 4.78 is 0. The summed E-state index contributed by atoms with van der Waals surface area (Å²) in [6.07, 6.45) is 4.99. The third-order valence-corrected chi connectivity index (χ3v) is 3.43. The quantitative estimate of drug-likeness (QED) is 0.830. The van der Waals surface area contributed by atoms with E-state index in [1.54, 1.807) is 18.3 Å². The Morgan fingerprint density at radius 1 is 1.38 bits per heavy atom. The van der Waals surface area contributed by atoms with Crippen molar-refractivity contribution < 1.29 is 19.5 Å². The van der Waals surface area contributed by atoms with Crippen molar-refractivity contribution in [2.45, 2.75) is 25.3 Å². The number of likely N-dealkylation sites (tertiary alicyclic amines) is 1. The van der Waals surface area contributed by atoms with E-state index in [2.05, 4.69) is 10.3 Å². The molecule has 1 aliphatic rings. The zero-order valence-electron chi connectivity index (χ0n) is 11.5. The first kappa shape index (κ1) is 15.0. The third-order valence-electron chi connectivity index (χ3n) is 3.43. The van der Waals surface area contributed by atoms with Gasteiger partial charge in [0.25, 0.3) is 5.91 Å². The molecular weight excluding hydrogens is 274 g/mol. The smallest absolute Gasteiger partial charge is 0.326 e. The summed E-state index contributed by atoms with van der Waals surface area (Å²) in [7, 11) is 0. The van der Waals surface area contributed by atoms with E-state index in [0.717, 1.165) is 12.8 Å². The Bertz CT molecular complexity index is 532. The number of hydrogen-bond acceptors (Lipinski definition) is 4. The molecule has 0 saturated carbocycles. The SMILES string of the molecule is O=C(NCC(=O)N1CCCCC1C(=O)O)c1cccnc1. The standard InChI is InChI=1S/C14H17N3O4/c18-12(17-7-2-1-5-11(17)14(20)21)9-16-13(19)10-4-3-6-15-8-10/h3-4,6,8,11H,1-2,5,7,9H2,(H,16,19)(H,20,21). The fourth-order valence-corrected chi connectivity index (χ4v) is 2.34. The van der Waals surface area contributed by atoms with Gasteiger partial charge >= 0.3 is 5.97 Å². The maximum absolute atomic E-state index is 12.1. The molecule has 1 aliphatic heterocycles. The van der Waals surface area contributed by atoms with Crippen molar-refractivity contribution in [3.8, 4) is 0 Å². The lowest BCUT2D eigenvalue weighted by molar-refractivity contribution is -0.151. The average Bonchev–Trinajstić information content (AvgIpc) is 2.53. The van der Waals surface area contributed by atoms with Gasteiger partial charge < -0.3 is 15.3 Å². The number of carboxylic acids is 1. The minimum absolute atomic E-state index is 0.211. The summed E-state index contributed by atoms with van der Waals surface area (Å²) in [5.74, 6) is -1.78. The van der Waals surface area contributed by atoms with Crippen molar-refractivity contribution in [2.75, 3.05) is 13.1 Å². The number of hydrogen-bond donors (Lipinski definition) is 2. The van der Waals surface area contributed by atoms with E-state index in [0.29, 0.717) is 18.5 Å². The van der Waals surface area contributed by atoms with Crippen LogP contribution in [0.1, 0.15) is 29.6 Å². The van der Waals surface area contributed by atoms with Gasteiger partial charge in [-0.3, -0.25) is 14.6 Å². The highest BCUT2D eigenvalue weighted by Gasteiger charge is 2.31. The molecule has 1 aromatic rings. The lowest BCUT2D eigenvalue weighted by atomic mass is 10.0. The monoisotopic (exact) mass is 291 g/mol. The van der Waals surface area contributed by atoms with Crippen LogP contribution in [0.25, 0.3) is 0 Å². The van der Waals surface area contributed by atoms with Crippen molar-refractivity contribution in [2.24, 2.45) is 0 Å². The highest BCUT2D eigenvalue weighted by atomic mass is 16.4. The first-order valence-corrected chi connectivity index (χ1v) is 6.80. The van der Waals surface area contributed by atoms with Crippen LogP contribution >= 0.6 is 0 Å². The Labute approximate surface area is 122 Å². The molecule has 2 heterocycles. The maximum Gasteiger partial charge on any atom is 0.326 e. The van der Waals surface area contributed by atoms with Gasteiger partial charge in [-0.05, 0) is 31.4 Å². The minimum Gasteiger partial charge on any atom is -0.480 e. The van der Waals surface area contributed by atoms with E-state index in [9.17, 15) is 14.4 Å². The summed E-state index contributed by atoms with van der Waals surface area (Å²) in [6, 6.07) is 2.43. The predicted molar refractivity (Wildman–Crippen MR) is 73.6 cm³/mol. The number of pyridine rings is 1. The third kappa shape index (κ3) is 3.77. The van der Waals surface area contributed by atoms with Gasteiger partial charge in [0.15, 0.2) is 0 Å². The zero-order valence-corrected chi connectivity index (χ0v) is 11.5. The van der Waals surface area contributed by atoms with Crippen LogP contribution in [0.5, 0.6) is 0 Å². The van der Waals surface area contributed by atoms with Crippen molar-refractivity contribution >= 4 is 17.8 Å². The largest absolute Gasteiger partial charge is 0.480 e. The van der Waals surface area contributed by atoms with Gasteiger partial charge in [-0.1, -0.05) is 0 Å². The summed E-state index contributed by atoms with van der Waals surface area (Å²) in [5, 5.41) is 11.6. The van der Waals surface area contributed by atoms with Crippen molar-refractivity contribution in [1.29, 1.82) is 0 Å². The molecule has 1 unspecified atom stereocenters. The van der Waals surface area contributed by atoms with Crippen molar-refractivity contribution in [1.82, 2.24) is 15.2 Å². The number of nitrogens with one attached hydrogen (secondary N) is 1. The van der Waals surface area contributed by atoms with Gasteiger partial charge in [-0.25, -0.2) is 4.79 Å². The number of rotatable bonds is 4. The lowest BCUT2D eigenvalue weighted by Crippen LogP contribution is -2.51. The molecule has 1 aromatic heterocycles. The maximum atomic E-state index is 12.1. The van der Waals surface area contributed by atoms with E-state index in [4.69, 9.17) is 5.11 Å². The Hall–Kier alpha value is -2.44. The number of aromatic nitrogens is 1. The molecule has 0 spiro atoms. The summed E-state index contributed by atoms with van der Waals surface area (Å²) in [4.78, 5) is 40.2. The molecule has 0 aromatic carbocycles. The molecule has 7 nitrogen and oxygen atoms in total. The van der Waals surface area contributed by atoms with Crippen LogP contribution in [-0.2, 0) is 9.59 Å². The summed E-state index contributed by atoms with van der Waals surface area (Å²) in [5.41, 5.74) is 0.360. The molecule has 1 fully saturated rings. The lowest BCUT2D eigenvalue weighted by Gasteiger charge is -2.33. The molecule has 2 rings (SSSR count). The molecule has 7 heteroatoms. The zero-order chi connectivity index (χ0) is 15.2. The average molecular weight is 291 g/mol. The fraction of sp³-hybridized carbons (Fsp3) is 0.429. The molecular formula is C14H17N3O4. The summed E-state index contributed by atoms with van der Waals surface area (Å²) in [6.45, 7) is 0.204. The molecule has 0 bridgehead atoms. The van der Waals surface area contributed by atoms with Crippen LogP contribution in [0.4, 0.5) is 0 Å². The first-order valence-electron chi connectivity index (χ1n) is 6.80. The molecule has 1 atom stereocenters. The minimum atomic E-state index is -0.998. The van der Waals surface area contributed by atoms with Crippen LogP contribution in [0, 0.1) is 0 Å². The second-order valence-electron chi connectivity index (χ2n) is 4.86.